The van der Waals surface area contributed by atoms with E-state index < -0.39 is 0 Å². The van der Waals surface area contributed by atoms with Crippen molar-refractivity contribution in [1.82, 2.24) is 9.55 Å². The number of nitrogens with zero attached hydrogens (tertiary/aromatic N) is 2. The van der Waals surface area contributed by atoms with E-state index >= 15 is 0 Å². The van der Waals surface area contributed by atoms with Gasteiger partial charge in [-0.1, -0.05) is 36.4 Å². The Hall–Kier alpha value is -3.67. The van der Waals surface area contributed by atoms with E-state index in [1.807, 2.05) is 55.5 Å². The molecule has 2 aromatic carbocycles. The predicted octanol–water partition coefficient (Wildman–Crippen LogP) is 3.93. The molecule has 5 rings (SSSR count). The van der Waals surface area contributed by atoms with Gasteiger partial charge in [-0.2, -0.15) is 4.98 Å². The molecule has 1 aliphatic rings. The lowest BCUT2D eigenvalue weighted by atomic mass is 9.95. The van der Waals surface area contributed by atoms with Crippen LogP contribution in [0.4, 0.5) is 5.82 Å². The molecule has 1 unspecified atom stereocenters. The second-order valence-electron chi connectivity index (χ2n) is 7.72. The summed E-state index contributed by atoms with van der Waals surface area (Å²) < 4.78 is 7.01. The van der Waals surface area contributed by atoms with Crippen LogP contribution in [0, 0.1) is 6.92 Å². The van der Waals surface area contributed by atoms with Gasteiger partial charge in [-0.05, 0) is 41.8 Å². The predicted molar refractivity (Wildman–Crippen MR) is 115 cm³/mol. The van der Waals surface area contributed by atoms with Crippen LogP contribution in [0.25, 0.3) is 10.9 Å². The summed E-state index contributed by atoms with van der Waals surface area (Å²) in [4.78, 5) is 29.2. The molecule has 2 aromatic heterocycles. The largest absolute Gasteiger partial charge is 0.461 e. The Kier molecular flexibility index (Phi) is 4.47. The summed E-state index contributed by atoms with van der Waals surface area (Å²) in [6.07, 6.45) is 1.84. The van der Waals surface area contributed by atoms with Gasteiger partial charge in [0.1, 0.15) is 5.82 Å². The number of furan rings is 1. The average Bonchev–Trinajstić information content (AvgIpc) is 3.20. The van der Waals surface area contributed by atoms with Gasteiger partial charge in [-0.15, -0.1) is 0 Å². The minimum Gasteiger partial charge on any atom is -0.461 e. The normalized spacial score (nSPS) is 15.6. The highest BCUT2D eigenvalue weighted by Gasteiger charge is 2.23. The Labute approximate surface area is 173 Å². The molecule has 0 spiro atoms. The first kappa shape index (κ1) is 18.4. The van der Waals surface area contributed by atoms with Gasteiger partial charge in [0.05, 0.1) is 11.8 Å². The molecule has 0 saturated heterocycles. The molecule has 3 heterocycles. The smallest absolute Gasteiger partial charge is 0.349 e. The molecule has 0 aliphatic carbocycles. The summed E-state index contributed by atoms with van der Waals surface area (Å²) in [5, 5.41) is 4.38. The van der Waals surface area contributed by atoms with Gasteiger partial charge in [-0.3, -0.25) is 9.36 Å². The summed E-state index contributed by atoms with van der Waals surface area (Å²) in [5.74, 6) is 1.38. The van der Waals surface area contributed by atoms with Gasteiger partial charge < -0.3 is 9.73 Å². The van der Waals surface area contributed by atoms with E-state index in [4.69, 9.17) is 4.42 Å². The number of hydrogen-bond acceptors (Lipinski definition) is 5. The van der Waals surface area contributed by atoms with Gasteiger partial charge in [-0.25, -0.2) is 4.79 Å². The third kappa shape index (κ3) is 3.20. The second-order valence-corrected chi connectivity index (χ2v) is 7.72. The lowest BCUT2D eigenvalue weighted by Gasteiger charge is -2.28. The van der Waals surface area contributed by atoms with E-state index in [0.29, 0.717) is 24.2 Å². The molecule has 30 heavy (non-hydrogen) atoms. The molecular weight excluding hydrogens is 378 g/mol. The van der Waals surface area contributed by atoms with Crippen LogP contribution in [0.3, 0.4) is 0 Å². The summed E-state index contributed by atoms with van der Waals surface area (Å²) in [5.41, 5.74) is 3.39. The maximum absolute atomic E-state index is 12.5. The third-order valence-electron chi connectivity index (χ3n) is 5.73. The SMILES string of the molecule is Cc1ccoc1C(=O)Cc1ccc(C2CNc3c4ccccc4nc(=O)n3C2)cc1. The Morgan fingerprint density at radius 1 is 1.17 bits per heavy atom. The van der Waals surface area contributed by atoms with Crippen molar-refractivity contribution in [2.24, 2.45) is 0 Å². The average molecular weight is 399 g/mol. The second kappa shape index (κ2) is 7.30. The van der Waals surface area contributed by atoms with Crippen molar-refractivity contribution in [3.63, 3.8) is 0 Å². The fourth-order valence-corrected chi connectivity index (χ4v) is 4.10. The molecule has 1 aliphatic heterocycles. The number of anilines is 1. The van der Waals surface area contributed by atoms with Crippen molar-refractivity contribution in [1.29, 1.82) is 0 Å². The molecule has 0 amide bonds. The van der Waals surface area contributed by atoms with Crippen molar-refractivity contribution in [3.05, 3.63) is 93.8 Å². The van der Waals surface area contributed by atoms with E-state index in [2.05, 4.69) is 10.3 Å². The van der Waals surface area contributed by atoms with Gasteiger partial charge in [0.15, 0.2) is 5.76 Å². The molecule has 0 saturated carbocycles. The van der Waals surface area contributed by atoms with Crippen molar-refractivity contribution in [2.75, 3.05) is 11.9 Å². The van der Waals surface area contributed by atoms with Crippen molar-refractivity contribution in [2.45, 2.75) is 25.8 Å². The first-order valence-corrected chi connectivity index (χ1v) is 10.00. The number of carbonyl (C=O) groups excluding carboxylic acids is 1. The highest BCUT2D eigenvalue weighted by atomic mass is 16.3. The molecule has 6 nitrogen and oxygen atoms in total. The van der Waals surface area contributed by atoms with Crippen LogP contribution in [-0.4, -0.2) is 21.9 Å². The van der Waals surface area contributed by atoms with Crippen LogP contribution in [0.2, 0.25) is 0 Å². The highest BCUT2D eigenvalue weighted by Crippen LogP contribution is 2.29. The standard InChI is InChI=1S/C24H21N3O3/c1-15-10-11-30-22(15)21(28)12-16-6-8-17(9-7-16)18-13-25-23-19-4-2-3-5-20(19)26-24(29)27(23)14-18/h2-11,18,25H,12-14H2,1H3. The third-order valence-corrected chi connectivity index (χ3v) is 5.73. The summed E-state index contributed by atoms with van der Waals surface area (Å²) in [6, 6.07) is 17.5. The number of aryl methyl sites for hydroxylation is 1. The fraction of sp³-hybridized carbons (Fsp3) is 0.208. The van der Waals surface area contributed by atoms with E-state index in [1.54, 1.807) is 16.9 Å². The molecule has 150 valence electrons. The quantitative estimate of drug-likeness (QED) is 0.526. The van der Waals surface area contributed by atoms with Gasteiger partial charge in [0.25, 0.3) is 0 Å². The Morgan fingerprint density at radius 2 is 1.97 bits per heavy atom. The molecular formula is C24H21N3O3. The number of Topliss-reactive ketones (excluding diaryl/α,β-unsaturated/α-hetero) is 1. The number of hydrogen-bond donors (Lipinski definition) is 1. The zero-order valence-corrected chi connectivity index (χ0v) is 16.6. The molecule has 1 N–H and O–H groups in total. The molecule has 4 aromatic rings. The summed E-state index contributed by atoms with van der Waals surface area (Å²) in [7, 11) is 0. The fourth-order valence-electron chi connectivity index (χ4n) is 4.10. The van der Waals surface area contributed by atoms with Crippen LogP contribution >= 0.6 is 0 Å². The summed E-state index contributed by atoms with van der Waals surface area (Å²) >= 11 is 0. The lowest BCUT2D eigenvalue weighted by Crippen LogP contribution is -2.35. The number of nitrogens with one attached hydrogen (secondary N) is 1. The zero-order valence-electron chi connectivity index (χ0n) is 16.6. The number of benzene rings is 2. The van der Waals surface area contributed by atoms with Crippen LogP contribution < -0.4 is 11.0 Å². The van der Waals surface area contributed by atoms with Gasteiger partial charge >= 0.3 is 5.69 Å². The molecule has 0 bridgehead atoms. The van der Waals surface area contributed by atoms with E-state index in [9.17, 15) is 9.59 Å². The van der Waals surface area contributed by atoms with E-state index in [0.717, 1.165) is 34.4 Å². The minimum atomic E-state index is -0.239. The van der Waals surface area contributed by atoms with Crippen molar-refractivity contribution < 1.29 is 9.21 Å². The maximum atomic E-state index is 12.5. The van der Waals surface area contributed by atoms with Crippen molar-refractivity contribution >= 4 is 22.5 Å². The number of rotatable bonds is 4. The van der Waals surface area contributed by atoms with Crippen LogP contribution in [0.1, 0.15) is 33.2 Å². The number of para-hydroxylation sites is 1. The topological polar surface area (TPSA) is 77.1 Å². The highest BCUT2D eigenvalue weighted by molar-refractivity contribution is 5.96. The maximum Gasteiger partial charge on any atom is 0.349 e. The van der Waals surface area contributed by atoms with Gasteiger partial charge in [0, 0.05) is 30.8 Å². The van der Waals surface area contributed by atoms with Crippen molar-refractivity contribution in [3.8, 4) is 0 Å². The number of fused-ring (bicyclic) bond motifs is 3. The monoisotopic (exact) mass is 399 g/mol. The Bertz CT molecular complexity index is 1300. The van der Waals surface area contributed by atoms with E-state index in [-0.39, 0.29) is 17.4 Å². The number of carbonyl (C=O) groups is 1. The first-order valence-electron chi connectivity index (χ1n) is 10.00. The molecule has 1 atom stereocenters. The number of aromatic nitrogens is 2. The van der Waals surface area contributed by atoms with E-state index in [1.165, 1.54) is 0 Å². The number of ketones is 1. The molecule has 6 heteroatoms. The first-order chi connectivity index (χ1) is 14.6. The molecule has 0 fully saturated rings. The van der Waals surface area contributed by atoms with Crippen LogP contribution in [0.15, 0.2) is 70.1 Å². The van der Waals surface area contributed by atoms with Crippen LogP contribution in [0.5, 0.6) is 0 Å². The zero-order chi connectivity index (χ0) is 20.7. The lowest BCUT2D eigenvalue weighted by molar-refractivity contribution is 0.0965. The van der Waals surface area contributed by atoms with Gasteiger partial charge in [0.2, 0.25) is 5.78 Å². The minimum absolute atomic E-state index is 0.0250. The summed E-state index contributed by atoms with van der Waals surface area (Å²) in [6.45, 7) is 3.17. The van der Waals surface area contributed by atoms with Crippen LogP contribution in [-0.2, 0) is 13.0 Å². The Balaban J connectivity index is 1.36. The Morgan fingerprint density at radius 3 is 2.73 bits per heavy atom. The molecule has 0 radical (unpaired) electrons.